The van der Waals surface area contributed by atoms with Gasteiger partial charge in [-0.1, -0.05) is 12.2 Å². The number of methoxy groups -OCH3 is 1. The van der Waals surface area contributed by atoms with E-state index in [0.29, 0.717) is 11.3 Å². The lowest BCUT2D eigenvalue weighted by atomic mass is 10.2. The van der Waals surface area contributed by atoms with Crippen molar-refractivity contribution in [3.8, 4) is 0 Å². The summed E-state index contributed by atoms with van der Waals surface area (Å²) in [7, 11) is 1.19. The van der Waals surface area contributed by atoms with Gasteiger partial charge in [0.05, 0.1) is 7.11 Å². The van der Waals surface area contributed by atoms with Crippen molar-refractivity contribution in [3.63, 3.8) is 0 Å². The average molecular weight is 180 g/mol. The molecule has 0 aromatic carbocycles. The van der Waals surface area contributed by atoms with Crippen molar-refractivity contribution >= 4 is 5.97 Å². The van der Waals surface area contributed by atoms with E-state index in [0.717, 1.165) is 0 Å². The summed E-state index contributed by atoms with van der Waals surface area (Å²) >= 11 is 0. The van der Waals surface area contributed by atoms with E-state index in [9.17, 15) is 9.90 Å². The third-order valence-corrected chi connectivity index (χ3v) is 1.90. The smallest absolute Gasteiger partial charge is 0.383 e. The molecule has 0 aromatic heterocycles. The fraction of sp³-hybridized carbons (Fsp3) is 0.222. The van der Waals surface area contributed by atoms with E-state index >= 15 is 0 Å². The number of aliphatic hydroxyl groups is 1. The lowest BCUT2D eigenvalue weighted by Gasteiger charge is -2.17. The quantitative estimate of drug-likeness (QED) is 0.588. The van der Waals surface area contributed by atoms with Gasteiger partial charge in [0.25, 0.3) is 0 Å². The fourth-order valence-electron chi connectivity index (χ4n) is 1.28. The van der Waals surface area contributed by atoms with Crippen LogP contribution in [0.2, 0.25) is 0 Å². The molecule has 0 aromatic rings. The van der Waals surface area contributed by atoms with Crippen LogP contribution in [0.4, 0.5) is 0 Å². The van der Waals surface area contributed by atoms with Crippen molar-refractivity contribution in [1.29, 1.82) is 0 Å². The van der Waals surface area contributed by atoms with Crippen LogP contribution < -0.4 is 0 Å². The first-order valence-corrected chi connectivity index (χ1v) is 3.77. The van der Waals surface area contributed by atoms with E-state index in [2.05, 4.69) is 4.74 Å². The molecule has 1 unspecified atom stereocenters. The second-order valence-electron chi connectivity index (χ2n) is 2.78. The molecule has 1 aliphatic heterocycles. The fourth-order valence-corrected chi connectivity index (χ4v) is 1.28. The molecule has 13 heavy (non-hydrogen) atoms. The Hall–Kier alpha value is -1.55. The Morgan fingerprint density at radius 2 is 2.46 bits per heavy atom. The molecule has 1 N–H and O–H groups in total. The second-order valence-corrected chi connectivity index (χ2v) is 2.78. The Balaban J connectivity index is 2.32. The molecule has 0 radical (unpaired) electrons. The number of esters is 1. The highest BCUT2D eigenvalue weighted by atomic mass is 16.7. The van der Waals surface area contributed by atoms with Crippen LogP contribution in [0.3, 0.4) is 0 Å². The number of ether oxygens (including phenoxy) is 2. The maximum Gasteiger partial charge on any atom is 0.383 e. The molecule has 0 amide bonds. The highest BCUT2D eigenvalue weighted by molar-refractivity contribution is 5.82. The van der Waals surface area contributed by atoms with Crippen LogP contribution in [0.25, 0.3) is 0 Å². The molecule has 1 atom stereocenters. The van der Waals surface area contributed by atoms with Gasteiger partial charge in [-0.2, -0.15) is 0 Å². The highest BCUT2D eigenvalue weighted by Crippen LogP contribution is 2.34. The maximum atomic E-state index is 11.1. The number of rotatable bonds is 1. The molecule has 1 aliphatic carbocycles. The second kappa shape index (κ2) is 2.47. The minimum absolute atomic E-state index is 0.493. The van der Waals surface area contributed by atoms with E-state index in [1.807, 2.05) is 0 Å². The first-order chi connectivity index (χ1) is 6.15. The average Bonchev–Trinajstić information content (AvgIpc) is 2.61. The van der Waals surface area contributed by atoms with Crippen molar-refractivity contribution in [1.82, 2.24) is 0 Å². The van der Waals surface area contributed by atoms with Gasteiger partial charge < -0.3 is 14.6 Å². The third kappa shape index (κ3) is 1.07. The molecular formula is C9H8O4. The van der Waals surface area contributed by atoms with Gasteiger partial charge >= 0.3 is 11.8 Å². The summed E-state index contributed by atoms with van der Waals surface area (Å²) in [5.41, 5.74) is 0.702. The normalized spacial score (nSPS) is 29.1. The predicted octanol–water partition coefficient (Wildman–Crippen LogP) is 0.258. The standard InChI is InChI=1S/C9H8O4/c1-12-8(10)9(11)5-6-3-2-4-7(6)13-9/h2-5,11H,1H3. The molecule has 4 heteroatoms. The van der Waals surface area contributed by atoms with Gasteiger partial charge in [0, 0.05) is 11.6 Å². The zero-order valence-corrected chi connectivity index (χ0v) is 6.98. The lowest BCUT2D eigenvalue weighted by molar-refractivity contribution is -0.191. The Kier molecular flexibility index (Phi) is 1.53. The summed E-state index contributed by atoms with van der Waals surface area (Å²) in [6, 6.07) is 0. The molecule has 0 fully saturated rings. The maximum absolute atomic E-state index is 11.1. The van der Waals surface area contributed by atoms with Gasteiger partial charge in [-0.3, -0.25) is 0 Å². The van der Waals surface area contributed by atoms with Crippen molar-refractivity contribution in [2.24, 2.45) is 0 Å². The number of hydrogen-bond donors (Lipinski definition) is 1. The summed E-state index contributed by atoms with van der Waals surface area (Å²) in [6.07, 6.45) is 6.52. The number of allylic oxidation sites excluding steroid dienone is 3. The van der Waals surface area contributed by atoms with Gasteiger partial charge in [-0.05, 0) is 6.08 Å². The first kappa shape index (κ1) is 8.07. The summed E-state index contributed by atoms with van der Waals surface area (Å²) in [6.45, 7) is 0. The highest BCUT2D eigenvalue weighted by Gasteiger charge is 2.44. The lowest BCUT2D eigenvalue weighted by Crippen LogP contribution is -2.37. The molecule has 0 spiro atoms. The van der Waals surface area contributed by atoms with Crippen molar-refractivity contribution in [3.05, 3.63) is 35.6 Å². The van der Waals surface area contributed by atoms with Gasteiger partial charge in [-0.15, -0.1) is 0 Å². The van der Waals surface area contributed by atoms with Crippen LogP contribution in [0.5, 0.6) is 0 Å². The summed E-state index contributed by atoms with van der Waals surface area (Å²) in [5.74, 6) is -2.27. The molecular weight excluding hydrogens is 172 g/mol. The Bertz CT molecular complexity index is 351. The molecule has 68 valence electrons. The number of carbonyl (C=O) groups is 1. The molecule has 2 aliphatic rings. The van der Waals surface area contributed by atoms with Crippen LogP contribution >= 0.6 is 0 Å². The topological polar surface area (TPSA) is 55.8 Å². The zero-order chi connectivity index (χ0) is 9.47. The van der Waals surface area contributed by atoms with Crippen LogP contribution in [0.1, 0.15) is 0 Å². The van der Waals surface area contributed by atoms with E-state index in [1.165, 1.54) is 13.2 Å². The van der Waals surface area contributed by atoms with Gasteiger partial charge in [0.1, 0.15) is 5.76 Å². The van der Waals surface area contributed by atoms with E-state index < -0.39 is 11.8 Å². The zero-order valence-electron chi connectivity index (χ0n) is 6.98. The van der Waals surface area contributed by atoms with Crippen LogP contribution in [0.15, 0.2) is 35.6 Å². The number of hydrogen-bond acceptors (Lipinski definition) is 4. The summed E-state index contributed by atoms with van der Waals surface area (Å²) in [4.78, 5) is 11.1. The number of carbonyl (C=O) groups excluding carboxylic acids is 1. The Morgan fingerprint density at radius 1 is 1.69 bits per heavy atom. The SMILES string of the molecule is COC(=O)C1(O)C=C2C=CC=C2O1. The van der Waals surface area contributed by atoms with Crippen molar-refractivity contribution < 1.29 is 19.4 Å². The monoisotopic (exact) mass is 180 g/mol. The van der Waals surface area contributed by atoms with E-state index in [1.54, 1.807) is 18.2 Å². The van der Waals surface area contributed by atoms with Crippen molar-refractivity contribution in [2.75, 3.05) is 7.11 Å². The first-order valence-electron chi connectivity index (χ1n) is 3.77. The summed E-state index contributed by atoms with van der Waals surface area (Å²) in [5, 5.41) is 9.62. The molecule has 0 saturated carbocycles. The van der Waals surface area contributed by atoms with Gasteiger partial charge in [0.15, 0.2) is 0 Å². The van der Waals surface area contributed by atoms with Crippen LogP contribution in [-0.4, -0.2) is 24.0 Å². The molecule has 0 saturated heterocycles. The van der Waals surface area contributed by atoms with Crippen molar-refractivity contribution in [2.45, 2.75) is 5.79 Å². The van der Waals surface area contributed by atoms with E-state index in [-0.39, 0.29) is 0 Å². The van der Waals surface area contributed by atoms with Gasteiger partial charge in [-0.25, -0.2) is 4.79 Å². The van der Waals surface area contributed by atoms with Crippen LogP contribution in [0, 0.1) is 0 Å². The largest absolute Gasteiger partial charge is 0.464 e. The minimum Gasteiger partial charge on any atom is -0.464 e. The third-order valence-electron chi connectivity index (χ3n) is 1.90. The molecule has 4 nitrogen and oxygen atoms in total. The molecule has 1 heterocycles. The Labute approximate surface area is 74.8 Å². The van der Waals surface area contributed by atoms with Crippen LogP contribution in [-0.2, 0) is 14.3 Å². The van der Waals surface area contributed by atoms with E-state index in [4.69, 9.17) is 4.74 Å². The molecule has 2 rings (SSSR count). The predicted molar refractivity (Wildman–Crippen MR) is 43.4 cm³/mol. The minimum atomic E-state index is -1.94. The number of fused-ring (bicyclic) bond motifs is 1. The van der Waals surface area contributed by atoms with Gasteiger partial charge in [0.2, 0.25) is 0 Å². The molecule has 0 bridgehead atoms. The Morgan fingerprint density at radius 3 is 3.08 bits per heavy atom. The summed E-state index contributed by atoms with van der Waals surface area (Å²) < 4.78 is 9.41.